The number of hydrogen-bond donors (Lipinski definition) is 0. The molecule has 0 radical (unpaired) electrons. The van der Waals surface area contributed by atoms with Gasteiger partial charge in [-0.2, -0.15) is 8.75 Å². The number of piperidine rings is 1. The van der Waals surface area contributed by atoms with Gasteiger partial charge in [-0.3, -0.25) is 0 Å². The fraction of sp³-hybridized carbons (Fsp3) is 0.771. The van der Waals surface area contributed by atoms with Gasteiger partial charge in [0.15, 0.2) is 0 Å². The van der Waals surface area contributed by atoms with Crippen LogP contribution in [-0.2, 0) is 5.75 Å². The predicted octanol–water partition coefficient (Wildman–Crippen LogP) is 11.2. The summed E-state index contributed by atoms with van der Waals surface area (Å²) < 4.78 is 23.1. The molecule has 0 aliphatic carbocycles. The minimum Gasteiger partial charge on any atom is -0.303 e. The van der Waals surface area contributed by atoms with E-state index in [0.717, 1.165) is 28.8 Å². The minimum atomic E-state index is -0.171. The monoisotopic (exact) mass is 601 g/mol. The van der Waals surface area contributed by atoms with Crippen LogP contribution in [-0.4, -0.2) is 33.3 Å². The summed E-state index contributed by atoms with van der Waals surface area (Å²) >= 11 is 3.17. The van der Waals surface area contributed by atoms with Crippen molar-refractivity contribution in [2.75, 3.05) is 19.6 Å². The summed E-state index contributed by atoms with van der Waals surface area (Å²) in [5.74, 6) is 1.86. The maximum Gasteiger partial charge on any atom is 0.134 e. The zero-order valence-corrected chi connectivity index (χ0v) is 27.3. The predicted molar refractivity (Wildman–Crippen MR) is 175 cm³/mol. The van der Waals surface area contributed by atoms with Crippen LogP contribution < -0.4 is 0 Å². The van der Waals surface area contributed by atoms with Crippen molar-refractivity contribution >= 4 is 23.5 Å². The molecule has 3 unspecified atom stereocenters. The molecule has 41 heavy (non-hydrogen) atoms. The Morgan fingerprint density at radius 1 is 0.659 bits per heavy atom. The van der Waals surface area contributed by atoms with E-state index in [-0.39, 0.29) is 5.82 Å². The lowest BCUT2D eigenvalue weighted by Gasteiger charge is -2.38. The number of nitrogens with zero attached hydrogens (tertiary/aromatic N) is 3. The first-order valence-electron chi connectivity index (χ1n) is 17.2. The normalized spacial score (nSPS) is 25.7. The molecular formula is C35H56FN3S2. The maximum absolute atomic E-state index is 13.4. The topological polar surface area (TPSA) is 29.0 Å². The molecule has 0 spiro atoms. The largest absolute Gasteiger partial charge is 0.303 e. The average Bonchev–Trinajstić information content (AvgIpc) is 3.46. The summed E-state index contributed by atoms with van der Waals surface area (Å²) in [6, 6.07) is 6.90. The minimum absolute atomic E-state index is 0.171. The number of thioether (sulfide) groups is 1. The van der Waals surface area contributed by atoms with E-state index >= 15 is 0 Å². The molecule has 0 saturated carbocycles. The number of benzene rings is 1. The van der Waals surface area contributed by atoms with Gasteiger partial charge in [0, 0.05) is 18.2 Å². The van der Waals surface area contributed by atoms with E-state index < -0.39 is 0 Å². The highest BCUT2D eigenvalue weighted by Gasteiger charge is 2.33. The van der Waals surface area contributed by atoms with Crippen LogP contribution in [0, 0.1) is 11.7 Å². The van der Waals surface area contributed by atoms with E-state index in [2.05, 4.69) is 4.90 Å². The molecule has 3 aliphatic rings. The first-order chi connectivity index (χ1) is 20.3. The molecule has 3 aliphatic heterocycles. The third-order valence-electron chi connectivity index (χ3n) is 9.51. The van der Waals surface area contributed by atoms with Crippen molar-refractivity contribution in [2.45, 2.75) is 152 Å². The van der Waals surface area contributed by atoms with Crippen molar-refractivity contribution in [3.63, 3.8) is 0 Å². The zero-order chi connectivity index (χ0) is 28.4. The Morgan fingerprint density at radius 3 is 1.78 bits per heavy atom. The fourth-order valence-corrected chi connectivity index (χ4v) is 8.65. The summed E-state index contributed by atoms with van der Waals surface area (Å²) in [6.07, 6.45) is 29.7. The van der Waals surface area contributed by atoms with E-state index in [1.165, 1.54) is 165 Å². The van der Waals surface area contributed by atoms with Crippen LogP contribution >= 0.6 is 23.5 Å². The van der Waals surface area contributed by atoms with Crippen LogP contribution in [0.5, 0.6) is 0 Å². The highest BCUT2D eigenvalue weighted by molar-refractivity contribution is 7.98. The van der Waals surface area contributed by atoms with E-state index in [9.17, 15) is 4.39 Å². The summed E-state index contributed by atoms with van der Waals surface area (Å²) in [6.45, 7) is 3.62. The number of aromatic nitrogens is 2. The smallest absolute Gasteiger partial charge is 0.134 e. The molecule has 0 amide bonds. The molecule has 3 nitrogen and oxygen atoms in total. The molecular weight excluding hydrogens is 546 g/mol. The Kier molecular flexibility index (Phi) is 16.1. The van der Waals surface area contributed by atoms with Gasteiger partial charge in [-0.25, -0.2) is 4.39 Å². The van der Waals surface area contributed by atoms with Gasteiger partial charge in [0.05, 0.1) is 17.4 Å². The van der Waals surface area contributed by atoms with Gasteiger partial charge in [-0.1, -0.05) is 139 Å². The van der Waals surface area contributed by atoms with Crippen LogP contribution in [0.25, 0.3) is 0 Å². The van der Waals surface area contributed by atoms with E-state index in [1.54, 1.807) is 23.9 Å². The van der Waals surface area contributed by atoms with Gasteiger partial charge < -0.3 is 4.90 Å². The first kappa shape index (κ1) is 32.9. The molecule has 2 aromatic rings. The Hall–Kier alpha value is -0.980. The van der Waals surface area contributed by atoms with E-state index in [1.807, 2.05) is 12.1 Å². The van der Waals surface area contributed by atoms with Gasteiger partial charge in [0.25, 0.3) is 0 Å². The Labute approximate surface area is 259 Å². The second-order valence-corrected chi connectivity index (χ2v) is 14.3. The van der Waals surface area contributed by atoms with Crippen molar-refractivity contribution < 1.29 is 4.39 Å². The average molecular weight is 602 g/mol. The van der Waals surface area contributed by atoms with Crippen molar-refractivity contribution in [1.29, 1.82) is 0 Å². The van der Waals surface area contributed by atoms with Gasteiger partial charge in [-0.15, -0.1) is 0 Å². The van der Waals surface area contributed by atoms with Crippen molar-refractivity contribution in [1.82, 2.24) is 13.6 Å². The van der Waals surface area contributed by atoms with Crippen LogP contribution in [0.3, 0.4) is 0 Å². The van der Waals surface area contributed by atoms with Gasteiger partial charge >= 0.3 is 0 Å². The van der Waals surface area contributed by atoms with E-state index in [0.29, 0.717) is 5.92 Å². The second kappa shape index (κ2) is 20.1. The lowest BCUT2D eigenvalue weighted by molar-refractivity contribution is 0.146. The molecule has 6 heteroatoms. The van der Waals surface area contributed by atoms with Gasteiger partial charge in [-0.05, 0) is 56.0 Å². The molecule has 230 valence electrons. The number of halogens is 1. The number of fused-ring (bicyclic) bond motifs is 22. The molecule has 1 aromatic carbocycles. The molecule has 5 rings (SSSR count). The van der Waals surface area contributed by atoms with Gasteiger partial charge in [0.1, 0.15) is 10.8 Å². The third kappa shape index (κ3) is 12.6. The molecule has 0 N–H and O–H groups in total. The lowest BCUT2D eigenvalue weighted by Crippen LogP contribution is -2.40. The summed E-state index contributed by atoms with van der Waals surface area (Å²) in [7, 11) is 0. The van der Waals surface area contributed by atoms with Crippen molar-refractivity contribution in [3.05, 3.63) is 41.3 Å². The van der Waals surface area contributed by atoms with Crippen LogP contribution in [0.2, 0.25) is 0 Å². The summed E-state index contributed by atoms with van der Waals surface area (Å²) in [4.78, 5) is 2.73. The summed E-state index contributed by atoms with van der Waals surface area (Å²) in [5, 5.41) is 1.11. The maximum atomic E-state index is 13.4. The molecule has 3 fully saturated rings. The lowest BCUT2D eigenvalue weighted by atomic mass is 9.80. The highest BCUT2D eigenvalue weighted by Crippen LogP contribution is 2.40. The quantitative estimate of drug-likeness (QED) is 0.326. The molecule has 1 aromatic heterocycles. The molecule has 4 heterocycles. The summed E-state index contributed by atoms with van der Waals surface area (Å²) in [5.41, 5.74) is 2.39. The number of hydrogen-bond acceptors (Lipinski definition) is 5. The van der Waals surface area contributed by atoms with Crippen molar-refractivity contribution in [3.8, 4) is 0 Å². The van der Waals surface area contributed by atoms with Gasteiger partial charge in [0.2, 0.25) is 0 Å². The molecule has 3 saturated heterocycles. The zero-order valence-electron chi connectivity index (χ0n) is 25.7. The van der Waals surface area contributed by atoms with E-state index in [4.69, 9.17) is 8.75 Å². The van der Waals surface area contributed by atoms with Crippen LogP contribution in [0.15, 0.2) is 29.3 Å². The van der Waals surface area contributed by atoms with Crippen LogP contribution in [0.1, 0.15) is 152 Å². The SMILES string of the molecule is Fc1ccc(CSc2nsnc2C2CN3CCCCCCCCCCCCCCCCCCCCCC2CC3)cc1. The Balaban J connectivity index is 1.31. The third-order valence-corrected chi connectivity index (χ3v) is 11.2. The Bertz CT molecular complexity index is 930. The second-order valence-electron chi connectivity index (χ2n) is 12.8. The Morgan fingerprint density at radius 2 is 1.20 bits per heavy atom. The fourth-order valence-electron chi connectivity index (χ4n) is 6.92. The van der Waals surface area contributed by atoms with Crippen molar-refractivity contribution in [2.24, 2.45) is 5.92 Å². The first-order valence-corrected chi connectivity index (χ1v) is 18.9. The van der Waals surface area contributed by atoms with Crippen LogP contribution in [0.4, 0.5) is 4.39 Å². The molecule has 3 atom stereocenters. The highest BCUT2D eigenvalue weighted by atomic mass is 32.2. The standard InChI is InChI=1S/C35H56FN3S2/c36-32-23-21-30(22-24-32)29-40-35-34(37-41-38-35)33-28-39-26-19-17-15-13-11-9-7-5-3-1-2-4-6-8-10-12-14-16-18-20-31(33)25-27-39/h21-24,31,33H,1-20,25-29H2. The number of rotatable bonds is 4. The molecule has 2 bridgehead atoms.